The Kier molecular flexibility index (Phi) is 9.21. The number of nitriles is 1. The summed E-state index contributed by atoms with van der Waals surface area (Å²) < 4.78 is 8.18. The molecule has 9 heteroatoms. The molecule has 6 rings (SSSR count). The van der Waals surface area contributed by atoms with Crippen LogP contribution in [0.3, 0.4) is 0 Å². The third kappa shape index (κ3) is 6.82. The summed E-state index contributed by atoms with van der Waals surface area (Å²) in [5, 5.41) is 12.6. The molecule has 1 aliphatic heterocycles. The van der Waals surface area contributed by atoms with Gasteiger partial charge >= 0.3 is 0 Å². The smallest absolute Gasteiger partial charge is 0.271 e. The van der Waals surface area contributed by atoms with Crippen LogP contribution in [0.5, 0.6) is 5.75 Å². The van der Waals surface area contributed by atoms with Crippen LogP contribution in [0.2, 0.25) is 5.02 Å². The van der Waals surface area contributed by atoms with Gasteiger partial charge in [-0.15, -0.1) is 0 Å². The second-order valence-corrected chi connectivity index (χ2v) is 12.9. The van der Waals surface area contributed by atoms with E-state index in [1.165, 1.54) is 11.3 Å². The quantitative estimate of drug-likeness (QED) is 0.192. The lowest BCUT2D eigenvalue weighted by Crippen LogP contribution is -2.40. The summed E-state index contributed by atoms with van der Waals surface area (Å²) in [4.78, 5) is 33.4. The van der Waals surface area contributed by atoms with Crippen molar-refractivity contribution in [2.45, 2.75) is 39.3 Å². The lowest BCUT2D eigenvalue weighted by Gasteiger charge is -2.25. The van der Waals surface area contributed by atoms with Crippen molar-refractivity contribution in [2.75, 3.05) is 5.32 Å². The number of nitrogens with one attached hydrogen (secondary N) is 1. The second kappa shape index (κ2) is 13.6. The first kappa shape index (κ1) is 31.7. The molecule has 7 nitrogen and oxygen atoms in total. The van der Waals surface area contributed by atoms with E-state index in [0.717, 1.165) is 16.7 Å². The van der Waals surface area contributed by atoms with E-state index in [2.05, 4.69) is 25.2 Å². The molecule has 0 saturated carbocycles. The highest BCUT2D eigenvalue weighted by Gasteiger charge is 2.32. The van der Waals surface area contributed by atoms with E-state index in [0.29, 0.717) is 54.1 Å². The van der Waals surface area contributed by atoms with Gasteiger partial charge in [0.05, 0.1) is 33.5 Å². The molecule has 4 aromatic carbocycles. The fourth-order valence-electron chi connectivity index (χ4n) is 5.45. The Bertz CT molecular complexity index is 2210. The molecule has 0 fully saturated rings. The van der Waals surface area contributed by atoms with E-state index >= 15 is 0 Å². The molecule has 1 amide bonds. The van der Waals surface area contributed by atoms with E-state index < -0.39 is 6.04 Å². The first-order valence-corrected chi connectivity index (χ1v) is 16.3. The number of anilines is 1. The van der Waals surface area contributed by atoms with Gasteiger partial charge in [-0.05, 0) is 78.1 Å². The molecule has 1 aliphatic rings. The number of para-hydroxylation sites is 1. The number of ether oxygens (including phenoxy) is 1. The summed E-state index contributed by atoms with van der Waals surface area (Å²) in [7, 11) is 0. The van der Waals surface area contributed by atoms with Crippen molar-refractivity contribution in [3.8, 4) is 11.8 Å². The van der Waals surface area contributed by atoms with Gasteiger partial charge in [-0.3, -0.25) is 14.2 Å². The standard InChI is InChI=1S/C38H31ClN4O3S/c1-23(2)27-13-15-28(16-14-27)35-34(36(44)42-31-7-5-4-6-8-31)24(3)41-38-43(35)37(45)33(47-38)20-29-19-30(39)17-18-32(29)46-22-26-11-9-25(21-40)10-12-26/h4-20,23,35H,22H2,1-3H3,(H,42,44)/b33-20+/t35-/m0/s1. The minimum atomic E-state index is -0.690. The molecule has 2 heterocycles. The molecule has 47 heavy (non-hydrogen) atoms. The van der Waals surface area contributed by atoms with E-state index in [4.69, 9.17) is 26.6 Å². The number of benzene rings is 4. The predicted molar refractivity (Wildman–Crippen MR) is 186 cm³/mol. The normalized spacial score (nSPS) is 14.4. The Hall–Kier alpha value is -5.23. The minimum Gasteiger partial charge on any atom is -0.488 e. The minimum absolute atomic E-state index is 0.265. The number of fused-ring (bicyclic) bond motifs is 1. The van der Waals surface area contributed by atoms with Crippen LogP contribution in [0.15, 0.2) is 118 Å². The SMILES string of the molecule is CC1=C(C(=O)Nc2ccccc2)[C@H](c2ccc(C(C)C)cc2)n2c(s/c(=C/c3cc(Cl)ccc3OCc3ccc(C#N)cc3)c2=O)=N1. The molecule has 1 N–H and O–H groups in total. The number of amides is 1. The number of aromatic nitrogens is 1. The number of carbonyl (C=O) groups excluding carboxylic acids is 1. The molecular weight excluding hydrogens is 628 g/mol. The zero-order chi connectivity index (χ0) is 33.1. The Labute approximate surface area is 281 Å². The third-order valence-electron chi connectivity index (χ3n) is 7.95. The van der Waals surface area contributed by atoms with Crippen LogP contribution in [-0.4, -0.2) is 10.5 Å². The highest BCUT2D eigenvalue weighted by molar-refractivity contribution is 7.07. The van der Waals surface area contributed by atoms with Gasteiger partial charge in [0.15, 0.2) is 4.80 Å². The van der Waals surface area contributed by atoms with Crippen LogP contribution in [-0.2, 0) is 11.4 Å². The zero-order valence-corrected chi connectivity index (χ0v) is 27.6. The van der Waals surface area contributed by atoms with E-state index in [1.54, 1.807) is 47.9 Å². The van der Waals surface area contributed by atoms with Crippen molar-refractivity contribution in [1.82, 2.24) is 4.57 Å². The van der Waals surface area contributed by atoms with Crippen molar-refractivity contribution >= 4 is 40.6 Å². The number of rotatable bonds is 8. The van der Waals surface area contributed by atoms with Crippen molar-refractivity contribution in [2.24, 2.45) is 4.99 Å². The first-order valence-electron chi connectivity index (χ1n) is 15.1. The van der Waals surface area contributed by atoms with Gasteiger partial charge in [0.2, 0.25) is 0 Å². The number of hydrogen-bond donors (Lipinski definition) is 1. The van der Waals surface area contributed by atoms with Crippen LogP contribution in [0.25, 0.3) is 6.08 Å². The molecule has 1 atom stereocenters. The fraction of sp³-hybridized carbons (Fsp3) is 0.158. The van der Waals surface area contributed by atoms with Crippen molar-refractivity contribution < 1.29 is 9.53 Å². The molecule has 0 spiro atoms. The number of nitrogens with zero attached hydrogens (tertiary/aromatic N) is 3. The maximum Gasteiger partial charge on any atom is 0.271 e. The van der Waals surface area contributed by atoms with Crippen LogP contribution in [0.4, 0.5) is 5.69 Å². The topological polar surface area (TPSA) is 96.5 Å². The molecule has 0 aliphatic carbocycles. The molecule has 0 saturated heterocycles. The molecular formula is C38H31ClN4O3S. The number of thiazole rings is 1. The number of carbonyl (C=O) groups is 1. The van der Waals surface area contributed by atoms with Crippen LogP contribution in [0, 0.1) is 11.3 Å². The summed E-state index contributed by atoms with van der Waals surface area (Å²) in [5.74, 6) is 0.553. The van der Waals surface area contributed by atoms with Gasteiger partial charge in [0.25, 0.3) is 11.5 Å². The third-order valence-corrected chi connectivity index (χ3v) is 9.17. The Morgan fingerprint density at radius 1 is 1.06 bits per heavy atom. The predicted octanol–water partition coefficient (Wildman–Crippen LogP) is 7.10. The van der Waals surface area contributed by atoms with Crippen LogP contribution in [0.1, 0.15) is 60.5 Å². The summed E-state index contributed by atoms with van der Waals surface area (Å²) in [6.45, 7) is 6.32. The van der Waals surface area contributed by atoms with Crippen LogP contribution < -0.4 is 24.9 Å². The highest BCUT2D eigenvalue weighted by Crippen LogP contribution is 2.32. The van der Waals surface area contributed by atoms with Gasteiger partial charge in [0, 0.05) is 16.3 Å². The highest BCUT2D eigenvalue weighted by atomic mass is 35.5. The number of halogens is 1. The van der Waals surface area contributed by atoms with Gasteiger partial charge in [-0.1, -0.05) is 91.4 Å². The fourth-order valence-corrected chi connectivity index (χ4v) is 6.67. The van der Waals surface area contributed by atoms with Crippen molar-refractivity contribution in [3.05, 3.63) is 161 Å². The van der Waals surface area contributed by atoms with Gasteiger partial charge in [0.1, 0.15) is 12.4 Å². The molecule has 0 radical (unpaired) electrons. The Morgan fingerprint density at radius 3 is 2.47 bits per heavy atom. The summed E-state index contributed by atoms with van der Waals surface area (Å²) in [6.07, 6.45) is 1.76. The molecule has 1 aromatic heterocycles. The average Bonchev–Trinajstić information content (AvgIpc) is 3.38. The Balaban J connectivity index is 1.43. The number of allylic oxidation sites excluding steroid dienone is 1. The van der Waals surface area contributed by atoms with Gasteiger partial charge in [-0.2, -0.15) is 5.26 Å². The number of hydrogen-bond acceptors (Lipinski definition) is 6. The van der Waals surface area contributed by atoms with Crippen LogP contribution >= 0.6 is 22.9 Å². The molecule has 0 bridgehead atoms. The van der Waals surface area contributed by atoms with Crippen molar-refractivity contribution in [3.63, 3.8) is 0 Å². The average molecular weight is 659 g/mol. The summed E-state index contributed by atoms with van der Waals surface area (Å²) in [5.41, 5.74) is 5.38. The lowest BCUT2D eigenvalue weighted by molar-refractivity contribution is -0.113. The lowest BCUT2D eigenvalue weighted by atomic mass is 9.93. The largest absolute Gasteiger partial charge is 0.488 e. The van der Waals surface area contributed by atoms with Crippen molar-refractivity contribution in [1.29, 1.82) is 5.26 Å². The Morgan fingerprint density at radius 2 is 1.79 bits per heavy atom. The van der Waals surface area contributed by atoms with Gasteiger partial charge < -0.3 is 10.1 Å². The molecule has 0 unspecified atom stereocenters. The van der Waals surface area contributed by atoms with E-state index in [-0.39, 0.29) is 18.1 Å². The molecule has 234 valence electrons. The summed E-state index contributed by atoms with van der Waals surface area (Å²) >= 11 is 7.65. The molecule has 5 aromatic rings. The monoisotopic (exact) mass is 658 g/mol. The first-order chi connectivity index (χ1) is 22.7. The van der Waals surface area contributed by atoms with E-state index in [9.17, 15) is 9.59 Å². The van der Waals surface area contributed by atoms with E-state index in [1.807, 2.05) is 66.7 Å². The maximum absolute atomic E-state index is 14.3. The maximum atomic E-state index is 14.3. The second-order valence-electron chi connectivity index (χ2n) is 11.5. The zero-order valence-electron chi connectivity index (χ0n) is 26.0. The summed E-state index contributed by atoms with van der Waals surface area (Å²) in [6, 6.07) is 31.1. The van der Waals surface area contributed by atoms with Gasteiger partial charge in [-0.25, -0.2) is 4.99 Å².